The number of aliphatic hydroxyl groups is 1. The van der Waals surface area contributed by atoms with E-state index in [1.54, 1.807) is 0 Å². The number of carbonyl (C=O) groups excluding carboxylic acids is 2. The van der Waals surface area contributed by atoms with E-state index in [1.165, 1.54) is 0 Å². The zero-order valence-corrected chi connectivity index (χ0v) is 12.6. The predicted octanol–water partition coefficient (Wildman–Crippen LogP) is 1.30. The number of benzene rings is 2. The first-order valence-corrected chi connectivity index (χ1v) is 7.27. The fourth-order valence-electron chi connectivity index (χ4n) is 1.95. The van der Waals surface area contributed by atoms with Crippen LogP contribution in [-0.4, -0.2) is 30.1 Å². The molecule has 120 valence electrons. The second kappa shape index (κ2) is 8.55. The molecule has 0 saturated heterocycles. The summed E-state index contributed by atoms with van der Waals surface area (Å²) in [6.45, 7) is -0.395. The average molecular weight is 313 g/mol. The van der Waals surface area contributed by atoms with Crippen molar-refractivity contribution in [3.63, 3.8) is 0 Å². The Morgan fingerprint density at radius 1 is 0.870 bits per heavy atom. The van der Waals surface area contributed by atoms with Crippen molar-refractivity contribution < 1.29 is 14.7 Å². The third-order valence-corrected chi connectivity index (χ3v) is 3.16. The zero-order valence-electron chi connectivity index (χ0n) is 12.6. The van der Waals surface area contributed by atoms with Crippen LogP contribution in [0.4, 0.5) is 5.69 Å². The quantitative estimate of drug-likeness (QED) is 0.580. The zero-order chi connectivity index (χ0) is 16.5. The van der Waals surface area contributed by atoms with Crippen LogP contribution >= 0.6 is 0 Å². The van der Waals surface area contributed by atoms with Gasteiger partial charge in [0, 0.05) is 13.0 Å². The van der Waals surface area contributed by atoms with Gasteiger partial charge < -0.3 is 10.4 Å². The van der Waals surface area contributed by atoms with Crippen LogP contribution < -0.4 is 16.2 Å². The molecule has 0 atom stereocenters. The monoisotopic (exact) mass is 313 g/mol. The summed E-state index contributed by atoms with van der Waals surface area (Å²) in [5.74, 6) is -0.752. The maximum Gasteiger partial charge on any atom is 0.245 e. The molecule has 0 fully saturated rings. The molecule has 0 aliphatic heterocycles. The number of hydrazine groups is 1. The summed E-state index contributed by atoms with van der Waals surface area (Å²) in [4.78, 5) is 22.4. The van der Waals surface area contributed by atoms with Crippen molar-refractivity contribution in [1.82, 2.24) is 10.7 Å². The fraction of sp³-hybridized carbons (Fsp3) is 0.176. The molecule has 6 nitrogen and oxygen atoms in total. The van der Waals surface area contributed by atoms with Crippen LogP contribution in [0, 0.1) is 0 Å². The van der Waals surface area contributed by atoms with E-state index in [0.717, 1.165) is 16.8 Å². The molecule has 0 aliphatic rings. The number of hydrogen-bond donors (Lipinski definition) is 4. The van der Waals surface area contributed by atoms with E-state index in [-0.39, 0.29) is 18.9 Å². The summed E-state index contributed by atoms with van der Waals surface area (Å²) in [7, 11) is 0. The number of aliphatic hydroxyl groups excluding tert-OH is 1. The van der Waals surface area contributed by atoms with Gasteiger partial charge in [-0.3, -0.25) is 20.4 Å². The van der Waals surface area contributed by atoms with Crippen LogP contribution in [0.2, 0.25) is 0 Å². The van der Waals surface area contributed by atoms with Crippen LogP contribution in [0.15, 0.2) is 54.6 Å². The first kappa shape index (κ1) is 16.5. The van der Waals surface area contributed by atoms with E-state index in [4.69, 9.17) is 5.11 Å². The van der Waals surface area contributed by atoms with Gasteiger partial charge in [0.1, 0.15) is 6.61 Å². The molecule has 4 N–H and O–H groups in total. The normalized spacial score (nSPS) is 9.96. The topological polar surface area (TPSA) is 90.5 Å². The molecule has 0 unspecified atom stereocenters. The van der Waals surface area contributed by atoms with Crippen molar-refractivity contribution in [3.8, 4) is 11.1 Å². The highest BCUT2D eigenvalue weighted by Crippen LogP contribution is 2.20. The second-order valence-corrected chi connectivity index (χ2v) is 4.87. The summed E-state index contributed by atoms with van der Waals surface area (Å²) in [6.07, 6.45) is 0.126. The molecule has 2 rings (SSSR count). The first-order valence-electron chi connectivity index (χ1n) is 7.27. The third-order valence-electron chi connectivity index (χ3n) is 3.16. The molecule has 2 aromatic carbocycles. The number of nitrogens with one attached hydrogen (secondary N) is 3. The smallest absolute Gasteiger partial charge is 0.245 e. The lowest BCUT2D eigenvalue weighted by atomic mass is 10.1. The molecule has 2 amide bonds. The molecule has 0 bridgehead atoms. The lowest BCUT2D eigenvalue weighted by Gasteiger charge is -2.09. The largest absolute Gasteiger partial charge is 0.387 e. The van der Waals surface area contributed by atoms with Gasteiger partial charge in [-0.1, -0.05) is 42.5 Å². The third kappa shape index (κ3) is 5.44. The Balaban J connectivity index is 1.78. The van der Waals surface area contributed by atoms with Crippen LogP contribution in [0.3, 0.4) is 0 Å². The number of carbonyl (C=O) groups is 2. The molecule has 2 aromatic rings. The van der Waals surface area contributed by atoms with E-state index < -0.39 is 12.5 Å². The molecular weight excluding hydrogens is 294 g/mol. The highest BCUT2D eigenvalue weighted by Gasteiger charge is 2.03. The van der Waals surface area contributed by atoms with Crippen molar-refractivity contribution >= 4 is 17.5 Å². The molecule has 0 radical (unpaired) electrons. The van der Waals surface area contributed by atoms with Gasteiger partial charge in [-0.15, -0.1) is 0 Å². The fourth-order valence-corrected chi connectivity index (χ4v) is 1.95. The minimum Gasteiger partial charge on any atom is -0.387 e. The molecule has 6 heteroatoms. The number of anilines is 1. The summed E-state index contributed by atoms with van der Waals surface area (Å²) in [5.41, 5.74) is 8.34. The number of rotatable bonds is 7. The average Bonchev–Trinajstić information content (AvgIpc) is 2.61. The van der Waals surface area contributed by atoms with Crippen LogP contribution in [0.5, 0.6) is 0 Å². The highest BCUT2D eigenvalue weighted by atomic mass is 16.3. The number of amides is 2. The maximum absolute atomic E-state index is 11.6. The van der Waals surface area contributed by atoms with E-state index in [2.05, 4.69) is 16.2 Å². The van der Waals surface area contributed by atoms with E-state index in [0.29, 0.717) is 0 Å². The van der Waals surface area contributed by atoms with Gasteiger partial charge in [0.2, 0.25) is 11.8 Å². The standard InChI is InChI=1S/C17H19N3O3/c21-12-17(23)18-11-10-16(22)20-19-15-8-6-14(7-9-15)13-4-2-1-3-5-13/h1-9,19,21H,10-12H2,(H,18,23)(H,20,22). The van der Waals surface area contributed by atoms with E-state index >= 15 is 0 Å². The Kier molecular flexibility index (Phi) is 6.14. The lowest BCUT2D eigenvalue weighted by Crippen LogP contribution is -2.34. The van der Waals surface area contributed by atoms with Gasteiger partial charge in [0.25, 0.3) is 0 Å². The minimum atomic E-state index is -0.576. The molecular formula is C17H19N3O3. The Bertz CT molecular complexity index is 642. The Labute approximate surface area is 134 Å². The highest BCUT2D eigenvalue weighted by molar-refractivity contribution is 5.80. The molecule has 0 saturated carbocycles. The van der Waals surface area contributed by atoms with Crippen molar-refractivity contribution in [2.45, 2.75) is 6.42 Å². The molecule has 23 heavy (non-hydrogen) atoms. The SMILES string of the molecule is O=C(CO)NCCC(=O)NNc1ccc(-c2ccccc2)cc1. The lowest BCUT2D eigenvalue weighted by molar-refractivity contribution is -0.124. The Morgan fingerprint density at radius 3 is 2.17 bits per heavy atom. The second-order valence-electron chi connectivity index (χ2n) is 4.87. The van der Waals surface area contributed by atoms with Gasteiger partial charge in [0.15, 0.2) is 0 Å². The molecule has 0 spiro atoms. The van der Waals surface area contributed by atoms with Crippen LogP contribution in [0.25, 0.3) is 11.1 Å². The van der Waals surface area contributed by atoms with Gasteiger partial charge in [-0.2, -0.15) is 0 Å². The summed E-state index contributed by atoms with van der Waals surface area (Å²) >= 11 is 0. The van der Waals surface area contributed by atoms with Crippen LogP contribution in [0.1, 0.15) is 6.42 Å². The van der Waals surface area contributed by atoms with E-state index in [1.807, 2.05) is 54.6 Å². The molecule has 0 aliphatic carbocycles. The van der Waals surface area contributed by atoms with Gasteiger partial charge in [-0.25, -0.2) is 0 Å². The predicted molar refractivity (Wildman–Crippen MR) is 88.4 cm³/mol. The van der Waals surface area contributed by atoms with Gasteiger partial charge >= 0.3 is 0 Å². The minimum absolute atomic E-state index is 0.126. The maximum atomic E-state index is 11.6. The Morgan fingerprint density at radius 2 is 1.52 bits per heavy atom. The molecule has 0 aromatic heterocycles. The van der Waals surface area contributed by atoms with Crippen molar-refractivity contribution in [3.05, 3.63) is 54.6 Å². The number of hydrogen-bond acceptors (Lipinski definition) is 4. The van der Waals surface area contributed by atoms with Gasteiger partial charge in [-0.05, 0) is 23.3 Å². The van der Waals surface area contributed by atoms with Crippen molar-refractivity contribution in [2.75, 3.05) is 18.6 Å². The van der Waals surface area contributed by atoms with Crippen molar-refractivity contribution in [1.29, 1.82) is 0 Å². The summed E-state index contributed by atoms with van der Waals surface area (Å²) in [5, 5.41) is 10.9. The summed E-state index contributed by atoms with van der Waals surface area (Å²) < 4.78 is 0. The van der Waals surface area contributed by atoms with Crippen LogP contribution in [-0.2, 0) is 9.59 Å². The Hall–Kier alpha value is -2.86. The van der Waals surface area contributed by atoms with E-state index in [9.17, 15) is 9.59 Å². The summed E-state index contributed by atoms with van der Waals surface area (Å²) in [6, 6.07) is 17.7. The van der Waals surface area contributed by atoms with Crippen molar-refractivity contribution in [2.24, 2.45) is 0 Å². The first-order chi connectivity index (χ1) is 11.2. The van der Waals surface area contributed by atoms with Gasteiger partial charge in [0.05, 0.1) is 5.69 Å². The molecule has 0 heterocycles.